The highest BCUT2D eigenvalue weighted by atomic mass is 32.2. The molecule has 0 spiro atoms. The Labute approximate surface area is 114 Å². The first-order valence-corrected chi connectivity index (χ1v) is 8.51. The van der Waals surface area contributed by atoms with E-state index in [9.17, 15) is 8.42 Å². The van der Waals surface area contributed by atoms with E-state index in [0.29, 0.717) is 6.54 Å². The predicted octanol–water partition coefficient (Wildman–Crippen LogP) is 1.33. The van der Waals surface area contributed by atoms with Gasteiger partial charge in [0.2, 0.25) is 10.0 Å². The molecule has 1 saturated heterocycles. The molecule has 106 valence electrons. The molecule has 0 amide bonds. The standard InChI is InChI=1S/C13H20N2O3S/c16-19(17,10-11-3-1-7-14-11)15(12-5-6-12)9-13-4-2-8-18-13/h2,4,8,11-12,14H,1,3,5-7,9-10H2. The van der Waals surface area contributed by atoms with Crippen LogP contribution in [0.15, 0.2) is 22.8 Å². The molecule has 1 saturated carbocycles. The molecular formula is C13H20N2O3S. The van der Waals surface area contributed by atoms with Crippen molar-refractivity contribution in [3.05, 3.63) is 24.2 Å². The molecular weight excluding hydrogens is 264 g/mol. The summed E-state index contributed by atoms with van der Waals surface area (Å²) in [6.07, 6.45) is 5.56. The third-order valence-corrected chi connectivity index (χ3v) is 5.74. The zero-order valence-electron chi connectivity index (χ0n) is 10.9. The lowest BCUT2D eigenvalue weighted by molar-refractivity contribution is 0.354. The molecule has 1 unspecified atom stereocenters. The van der Waals surface area contributed by atoms with Gasteiger partial charge in [0.15, 0.2) is 0 Å². The summed E-state index contributed by atoms with van der Waals surface area (Å²) in [5, 5.41) is 3.26. The average Bonchev–Trinajstić information content (AvgIpc) is 2.87. The summed E-state index contributed by atoms with van der Waals surface area (Å²) in [5.41, 5.74) is 0. The highest BCUT2D eigenvalue weighted by Gasteiger charge is 2.38. The van der Waals surface area contributed by atoms with Gasteiger partial charge in [0, 0.05) is 12.1 Å². The van der Waals surface area contributed by atoms with E-state index in [1.807, 2.05) is 6.07 Å². The number of hydrogen-bond acceptors (Lipinski definition) is 4. The van der Waals surface area contributed by atoms with Crippen molar-refractivity contribution < 1.29 is 12.8 Å². The first-order chi connectivity index (χ1) is 9.15. The van der Waals surface area contributed by atoms with Gasteiger partial charge in [-0.2, -0.15) is 4.31 Å². The fraction of sp³-hybridized carbons (Fsp3) is 0.692. The van der Waals surface area contributed by atoms with Gasteiger partial charge in [-0.15, -0.1) is 0 Å². The molecule has 2 heterocycles. The summed E-state index contributed by atoms with van der Waals surface area (Å²) in [4.78, 5) is 0. The van der Waals surface area contributed by atoms with Crippen LogP contribution in [0.5, 0.6) is 0 Å². The van der Waals surface area contributed by atoms with Crippen molar-refractivity contribution in [1.82, 2.24) is 9.62 Å². The van der Waals surface area contributed by atoms with E-state index in [1.165, 1.54) is 0 Å². The Morgan fingerprint density at radius 3 is 2.79 bits per heavy atom. The van der Waals surface area contributed by atoms with E-state index >= 15 is 0 Å². The Kier molecular flexibility index (Phi) is 3.64. The third-order valence-electron chi connectivity index (χ3n) is 3.78. The zero-order chi connectivity index (χ0) is 13.3. The van der Waals surface area contributed by atoms with Crippen LogP contribution < -0.4 is 5.32 Å². The van der Waals surface area contributed by atoms with Gasteiger partial charge in [0.25, 0.3) is 0 Å². The largest absolute Gasteiger partial charge is 0.468 e. The molecule has 2 aliphatic rings. The van der Waals surface area contributed by atoms with Crippen molar-refractivity contribution in [2.45, 2.75) is 44.3 Å². The van der Waals surface area contributed by atoms with Gasteiger partial charge in [0.05, 0.1) is 18.6 Å². The van der Waals surface area contributed by atoms with E-state index in [-0.39, 0.29) is 17.8 Å². The Hall–Kier alpha value is -0.850. The maximum absolute atomic E-state index is 12.5. The van der Waals surface area contributed by atoms with Crippen molar-refractivity contribution in [3.63, 3.8) is 0 Å². The van der Waals surface area contributed by atoms with E-state index < -0.39 is 10.0 Å². The van der Waals surface area contributed by atoms with Crippen LogP contribution in [0.2, 0.25) is 0 Å². The fourth-order valence-corrected chi connectivity index (χ4v) is 4.60. The zero-order valence-corrected chi connectivity index (χ0v) is 11.7. The minimum Gasteiger partial charge on any atom is -0.468 e. The smallest absolute Gasteiger partial charge is 0.216 e. The second kappa shape index (κ2) is 5.26. The number of sulfonamides is 1. The highest BCUT2D eigenvalue weighted by Crippen LogP contribution is 2.31. The van der Waals surface area contributed by atoms with Gasteiger partial charge >= 0.3 is 0 Å². The monoisotopic (exact) mass is 284 g/mol. The van der Waals surface area contributed by atoms with Crippen molar-refractivity contribution in [2.24, 2.45) is 0 Å². The van der Waals surface area contributed by atoms with Gasteiger partial charge in [0.1, 0.15) is 5.76 Å². The van der Waals surface area contributed by atoms with E-state index in [2.05, 4.69) is 5.32 Å². The van der Waals surface area contributed by atoms with Crippen molar-refractivity contribution in [2.75, 3.05) is 12.3 Å². The van der Waals surface area contributed by atoms with E-state index in [1.54, 1.807) is 16.6 Å². The highest BCUT2D eigenvalue weighted by molar-refractivity contribution is 7.89. The summed E-state index contributed by atoms with van der Waals surface area (Å²) in [6, 6.07) is 3.92. The first-order valence-electron chi connectivity index (χ1n) is 6.90. The topological polar surface area (TPSA) is 62.6 Å². The second-order valence-corrected chi connectivity index (χ2v) is 7.39. The van der Waals surface area contributed by atoms with Crippen LogP contribution in [-0.4, -0.2) is 37.1 Å². The summed E-state index contributed by atoms with van der Waals surface area (Å²) in [6.45, 7) is 1.30. The summed E-state index contributed by atoms with van der Waals surface area (Å²) in [7, 11) is -3.21. The molecule has 19 heavy (non-hydrogen) atoms. The molecule has 1 aliphatic carbocycles. The van der Waals surface area contributed by atoms with Gasteiger partial charge in [-0.25, -0.2) is 8.42 Å². The summed E-state index contributed by atoms with van der Waals surface area (Å²) < 4.78 is 32.0. The quantitative estimate of drug-likeness (QED) is 0.856. The van der Waals surface area contributed by atoms with Crippen LogP contribution in [0.3, 0.4) is 0 Å². The normalized spacial score (nSPS) is 24.2. The number of rotatable bonds is 6. The summed E-state index contributed by atoms with van der Waals surface area (Å²) in [5.74, 6) is 0.930. The molecule has 0 bridgehead atoms. The number of furan rings is 1. The predicted molar refractivity (Wildman–Crippen MR) is 72.1 cm³/mol. The average molecular weight is 284 g/mol. The Balaban J connectivity index is 1.71. The van der Waals surface area contributed by atoms with E-state index in [4.69, 9.17) is 4.42 Å². The Morgan fingerprint density at radius 1 is 1.37 bits per heavy atom. The summed E-state index contributed by atoms with van der Waals surface area (Å²) >= 11 is 0. The molecule has 1 atom stereocenters. The van der Waals surface area contributed by atoms with Gasteiger partial charge in [-0.05, 0) is 44.4 Å². The van der Waals surface area contributed by atoms with Crippen LogP contribution in [0.4, 0.5) is 0 Å². The molecule has 6 heteroatoms. The third kappa shape index (κ3) is 3.19. The molecule has 0 aromatic carbocycles. The second-order valence-electron chi connectivity index (χ2n) is 5.43. The molecule has 1 N–H and O–H groups in total. The lowest BCUT2D eigenvalue weighted by atomic mass is 10.3. The Bertz CT molecular complexity index is 502. The van der Waals surface area contributed by atoms with Crippen molar-refractivity contribution in [3.8, 4) is 0 Å². The van der Waals surface area contributed by atoms with Gasteiger partial charge < -0.3 is 9.73 Å². The number of hydrogen-bond donors (Lipinski definition) is 1. The van der Waals surface area contributed by atoms with Crippen LogP contribution in [0, 0.1) is 0 Å². The first kappa shape index (κ1) is 13.1. The number of nitrogens with one attached hydrogen (secondary N) is 1. The van der Waals surface area contributed by atoms with Crippen LogP contribution in [0.25, 0.3) is 0 Å². The van der Waals surface area contributed by atoms with Crippen LogP contribution >= 0.6 is 0 Å². The molecule has 1 aromatic rings. The van der Waals surface area contributed by atoms with Crippen molar-refractivity contribution in [1.29, 1.82) is 0 Å². The number of nitrogens with zero attached hydrogens (tertiary/aromatic N) is 1. The molecule has 1 aliphatic heterocycles. The molecule has 5 nitrogen and oxygen atoms in total. The van der Waals surface area contributed by atoms with Gasteiger partial charge in [-0.3, -0.25) is 0 Å². The van der Waals surface area contributed by atoms with Crippen LogP contribution in [-0.2, 0) is 16.6 Å². The SMILES string of the molecule is O=S(=O)(CC1CCCN1)N(Cc1ccco1)C1CC1. The molecule has 3 rings (SSSR count). The van der Waals surface area contributed by atoms with E-state index in [0.717, 1.165) is 38.0 Å². The Morgan fingerprint density at radius 2 is 2.21 bits per heavy atom. The van der Waals surface area contributed by atoms with Crippen LogP contribution in [0.1, 0.15) is 31.4 Å². The lowest BCUT2D eigenvalue weighted by Crippen LogP contribution is -2.40. The molecule has 0 radical (unpaired) electrons. The molecule has 1 aromatic heterocycles. The van der Waals surface area contributed by atoms with Crippen molar-refractivity contribution >= 4 is 10.0 Å². The minimum atomic E-state index is -3.21. The maximum Gasteiger partial charge on any atom is 0.216 e. The minimum absolute atomic E-state index is 0.114. The maximum atomic E-state index is 12.5. The molecule has 2 fully saturated rings. The lowest BCUT2D eigenvalue weighted by Gasteiger charge is -2.22. The fourth-order valence-electron chi connectivity index (χ4n) is 2.62. The van der Waals surface area contributed by atoms with Gasteiger partial charge in [-0.1, -0.05) is 0 Å².